The molecule has 2 rings (SSSR count). The zero-order chi connectivity index (χ0) is 13.9. The van der Waals surface area contributed by atoms with Crippen LogP contribution >= 0.6 is 10.1 Å². The molecule has 0 aromatic heterocycles. The van der Waals surface area contributed by atoms with Gasteiger partial charge in [0.05, 0.1) is 0 Å². The summed E-state index contributed by atoms with van der Waals surface area (Å²) >= 11 is 2.41. The molecule has 0 aliphatic heterocycles. The summed E-state index contributed by atoms with van der Waals surface area (Å²) in [6.45, 7) is 2.25. The first-order chi connectivity index (χ1) is 9.40. The third-order valence-corrected chi connectivity index (χ3v) is 3.06. The molecule has 0 spiro atoms. The Labute approximate surface area is 129 Å². The van der Waals surface area contributed by atoms with E-state index in [0.29, 0.717) is 0 Å². The summed E-state index contributed by atoms with van der Waals surface area (Å²) in [5.74, 6) is 0. The number of unbranched alkanes of at least 4 members (excludes halogenated alkanes) is 2. The summed E-state index contributed by atoms with van der Waals surface area (Å²) in [6, 6.07) is 20.2. The van der Waals surface area contributed by atoms with Crippen LogP contribution in [0.5, 0.6) is 0 Å². The fourth-order valence-corrected chi connectivity index (χ4v) is 2.02. The van der Waals surface area contributed by atoms with E-state index in [-0.39, 0.29) is 0 Å². The van der Waals surface area contributed by atoms with E-state index >= 15 is 0 Å². The van der Waals surface area contributed by atoms with Gasteiger partial charge in [-0.3, -0.25) is 0 Å². The maximum atomic E-state index is 4.45. The van der Waals surface area contributed by atoms with Crippen LogP contribution in [0.1, 0.15) is 31.7 Å². The Morgan fingerprint density at radius 3 is 2.32 bits per heavy atom. The summed E-state index contributed by atoms with van der Waals surface area (Å²) in [5, 5.41) is 0. The van der Waals surface area contributed by atoms with Crippen molar-refractivity contribution in [2.45, 2.75) is 32.6 Å². The number of hydrogen-bond donors (Lipinski definition) is 0. The number of hydrogen-bond acceptors (Lipinski definition) is 0. The first-order valence-electron chi connectivity index (χ1n) is 6.60. The van der Waals surface area contributed by atoms with Gasteiger partial charge in [-0.25, -0.2) is 0 Å². The van der Waals surface area contributed by atoms with Gasteiger partial charge in [-0.1, -0.05) is 49.6 Å². The Bertz CT molecular complexity index is 437. The average Bonchev–Trinajstić information content (AvgIpc) is 2.51. The molecule has 0 saturated carbocycles. The molecule has 101 valence electrons. The van der Waals surface area contributed by atoms with Crippen molar-refractivity contribution in [3.63, 3.8) is 0 Å². The molecule has 0 amide bonds. The second-order valence-electron chi connectivity index (χ2n) is 4.45. The molecule has 0 fully saturated rings. The molecule has 2 heteroatoms. The second kappa shape index (κ2) is 10.1. The van der Waals surface area contributed by atoms with Gasteiger partial charge in [0, 0.05) is 0 Å². The van der Waals surface area contributed by atoms with Crippen LogP contribution in [-0.2, 0) is 21.5 Å². The van der Waals surface area contributed by atoms with Gasteiger partial charge in [-0.05, 0) is 18.4 Å². The van der Waals surface area contributed by atoms with E-state index in [1.807, 2.05) is 18.2 Å². The molecule has 0 aliphatic rings. The summed E-state index contributed by atoms with van der Waals surface area (Å²) in [6.07, 6.45) is 5.12. The van der Waals surface area contributed by atoms with Crippen LogP contribution in [0, 0.1) is 6.07 Å². The van der Waals surface area contributed by atoms with Gasteiger partial charge in [-0.15, -0.1) is 5.56 Å². The second-order valence-corrected chi connectivity index (χ2v) is 4.45. The molecule has 0 radical (unpaired) electrons. The molecule has 0 atom stereocenters. The monoisotopic (exact) mass is 313 g/mol. The van der Waals surface area contributed by atoms with Gasteiger partial charge >= 0.3 is 25.2 Å². The van der Waals surface area contributed by atoms with E-state index in [0.717, 1.165) is 0 Å². The Morgan fingerprint density at radius 2 is 1.74 bits per heavy atom. The molecule has 19 heavy (non-hydrogen) atoms. The van der Waals surface area contributed by atoms with Crippen LogP contribution in [-0.4, -0.2) is 0 Å². The topological polar surface area (TPSA) is 0 Å². The first-order valence-corrected chi connectivity index (χ1v) is 8.22. The molecular weight excluding hydrogens is 295 g/mol. The third-order valence-electron chi connectivity index (χ3n) is 3.06. The average molecular weight is 314 g/mol. The van der Waals surface area contributed by atoms with Gasteiger partial charge in [0.25, 0.3) is 0 Å². The Hall–Kier alpha value is -0.751. The Kier molecular flexibility index (Phi) is 8.66. The number of rotatable bonds is 5. The molecule has 0 heterocycles. The predicted molar refractivity (Wildman–Crippen MR) is 79.8 cm³/mol. The molecule has 0 unspecified atom stereocenters. The zero-order valence-corrected chi connectivity index (χ0v) is 13.1. The Balaban J connectivity index is 0.000000861. The van der Waals surface area contributed by atoms with Crippen LogP contribution in [0.25, 0.3) is 11.1 Å². The third kappa shape index (κ3) is 5.82. The number of benzene rings is 2. The van der Waals surface area contributed by atoms with Crippen molar-refractivity contribution in [3.05, 3.63) is 60.2 Å². The van der Waals surface area contributed by atoms with Crippen molar-refractivity contribution in [2.24, 2.45) is 0 Å². The fraction of sp³-hybridized carbons (Fsp3) is 0.294. The fourth-order valence-electron chi connectivity index (χ4n) is 2.02. The molecule has 0 aliphatic carbocycles. The normalized spacial score (nSPS) is 9.58. The summed E-state index contributed by atoms with van der Waals surface area (Å²) in [7, 11) is 4.45. The van der Waals surface area contributed by atoms with E-state index in [1.165, 1.54) is 42.4 Å². The molecule has 0 bridgehead atoms. The minimum absolute atomic E-state index is 1.20. The van der Waals surface area contributed by atoms with Gasteiger partial charge in [-0.2, -0.15) is 30.3 Å². The predicted octanol–water partition coefficient (Wildman–Crippen LogP) is 5.57. The molecule has 0 nitrogen and oxygen atoms in total. The molecule has 2 aromatic rings. The number of halogens is 1. The van der Waals surface area contributed by atoms with Crippen LogP contribution in [0.3, 0.4) is 0 Å². The van der Waals surface area contributed by atoms with Crippen LogP contribution < -0.4 is 0 Å². The zero-order valence-electron chi connectivity index (χ0n) is 11.2. The summed E-state index contributed by atoms with van der Waals surface area (Å²) in [5.41, 5.74) is 3.97. The first kappa shape index (κ1) is 16.3. The van der Waals surface area contributed by atoms with E-state index in [9.17, 15) is 0 Å². The Morgan fingerprint density at radius 1 is 1.00 bits per heavy atom. The van der Waals surface area contributed by atoms with Gasteiger partial charge in [0.15, 0.2) is 0 Å². The summed E-state index contributed by atoms with van der Waals surface area (Å²) < 4.78 is 0. The van der Waals surface area contributed by atoms with Crippen molar-refractivity contribution in [2.75, 3.05) is 0 Å². The maximum absolute atomic E-state index is 4.45. The van der Waals surface area contributed by atoms with Crippen LogP contribution in [0.4, 0.5) is 0 Å². The quantitative estimate of drug-likeness (QED) is 0.384. The van der Waals surface area contributed by atoms with Crippen molar-refractivity contribution < 1.29 is 15.1 Å². The van der Waals surface area contributed by atoms with Gasteiger partial charge in [0.2, 0.25) is 0 Å². The van der Waals surface area contributed by atoms with E-state index < -0.39 is 0 Å². The molecule has 0 N–H and O–H groups in total. The van der Waals surface area contributed by atoms with Crippen molar-refractivity contribution in [3.8, 4) is 11.1 Å². The SMILES string of the molecule is CCCCCc1ccc(-c2c[c-]ccc2)cc1.[Cl][Mn+]. The summed E-state index contributed by atoms with van der Waals surface area (Å²) in [4.78, 5) is 0. The van der Waals surface area contributed by atoms with E-state index in [1.54, 1.807) is 0 Å². The van der Waals surface area contributed by atoms with Gasteiger partial charge < -0.3 is 0 Å². The number of aryl methyl sites for hydroxylation is 1. The van der Waals surface area contributed by atoms with Crippen molar-refractivity contribution >= 4 is 10.1 Å². The van der Waals surface area contributed by atoms with Crippen molar-refractivity contribution in [1.29, 1.82) is 0 Å². The molecule has 0 saturated heterocycles. The molecule has 2 aromatic carbocycles. The van der Waals surface area contributed by atoms with Crippen LogP contribution in [0.2, 0.25) is 0 Å². The molecular formula is C17H19ClMn. The van der Waals surface area contributed by atoms with E-state index in [4.69, 9.17) is 0 Å². The minimum atomic E-state index is 1.20. The van der Waals surface area contributed by atoms with E-state index in [2.05, 4.69) is 68.5 Å². The van der Waals surface area contributed by atoms with Gasteiger partial charge in [0.1, 0.15) is 0 Å². The van der Waals surface area contributed by atoms with Crippen LogP contribution in [0.15, 0.2) is 48.5 Å². The standard InChI is InChI=1S/C17H19.ClH.Mn/c1-2-3-5-8-15-11-13-17(14-12-15)16-9-6-4-7-10-16;;/h4,6,9-14H,2-3,5,8H2,1H3;1H;/q-1;;+2/p-1. The van der Waals surface area contributed by atoms with Crippen molar-refractivity contribution in [1.82, 2.24) is 0 Å².